The summed E-state index contributed by atoms with van der Waals surface area (Å²) in [6.07, 6.45) is 3.09. The summed E-state index contributed by atoms with van der Waals surface area (Å²) in [6, 6.07) is 0.642. The van der Waals surface area contributed by atoms with Crippen molar-refractivity contribution in [3.8, 4) is 0 Å². The Morgan fingerprint density at radius 1 is 1.35 bits per heavy atom. The summed E-state index contributed by atoms with van der Waals surface area (Å²) in [6.45, 7) is 11.2. The Labute approximate surface area is 141 Å². The second-order valence-corrected chi connectivity index (χ2v) is 6.51. The van der Waals surface area contributed by atoms with Gasteiger partial charge in [-0.1, -0.05) is 13.8 Å². The summed E-state index contributed by atoms with van der Waals surface area (Å²) in [5, 5.41) is 3.55. The lowest BCUT2D eigenvalue weighted by atomic mass is 9.94. The van der Waals surface area contributed by atoms with E-state index in [1.165, 1.54) is 6.42 Å². The van der Waals surface area contributed by atoms with E-state index < -0.39 is 0 Å². The topological polar surface area (TPSA) is 49.3 Å². The van der Waals surface area contributed by atoms with Crippen LogP contribution in [0.3, 0.4) is 0 Å². The third kappa shape index (κ3) is 4.58. The van der Waals surface area contributed by atoms with Crippen LogP contribution in [0.5, 0.6) is 0 Å². The molecule has 0 aromatic heterocycles. The van der Waals surface area contributed by atoms with Gasteiger partial charge in [-0.25, -0.2) is 0 Å². The second-order valence-electron chi connectivity index (χ2n) is 6.51. The number of methoxy groups -OCH3 is 1. The summed E-state index contributed by atoms with van der Waals surface area (Å²) in [5.41, 5.74) is -0.119. The van der Waals surface area contributed by atoms with Crippen LogP contribution in [0.4, 0.5) is 0 Å². The Morgan fingerprint density at radius 2 is 2.04 bits per heavy atom. The number of likely N-dealkylation sites (N-methyl/N-ethyl adjacent to an activating group) is 1. The molecule has 2 aliphatic rings. The average Bonchev–Trinajstić information content (AvgIpc) is 3.07. The highest BCUT2D eigenvalue weighted by atomic mass is 16.5. The molecule has 2 aliphatic heterocycles. The number of likely N-dealkylation sites (tertiary alicyclic amines) is 1. The van der Waals surface area contributed by atoms with E-state index in [0.717, 1.165) is 64.7 Å². The largest absolute Gasteiger partial charge is 0.381 e. The number of rotatable bonds is 6. The normalized spacial score (nSPS) is 25.2. The molecule has 0 amide bonds. The summed E-state index contributed by atoms with van der Waals surface area (Å²) < 4.78 is 11.3. The van der Waals surface area contributed by atoms with Crippen LogP contribution in [0.15, 0.2) is 4.99 Å². The van der Waals surface area contributed by atoms with Crippen molar-refractivity contribution >= 4 is 5.96 Å². The predicted octanol–water partition coefficient (Wildman–Crippen LogP) is 1.17. The van der Waals surface area contributed by atoms with Gasteiger partial charge in [0.15, 0.2) is 5.96 Å². The van der Waals surface area contributed by atoms with Gasteiger partial charge in [0.05, 0.1) is 5.60 Å². The van der Waals surface area contributed by atoms with Crippen molar-refractivity contribution in [3.05, 3.63) is 0 Å². The molecule has 0 radical (unpaired) electrons. The number of nitrogens with zero attached hydrogens (tertiary/aromatic N) is 3. The van der Waals surface area contributed by atoms with E-state index in [1.54, 1.807) is 0 Å². The zero-order chi connectivity index (χ0) is 16.7. The quantitative estimate of drug-likeness (QED) is 0.587. The van der Waals surface area contributed by atoms with Crippen molar-refractivity contribution in [3.63, 3.8) is 0 Å². The van der Waals surface area contributed by atoms with Gasteiger partial charge >= 0.3 is 0 Å². The zero-order valence-corrected chi connectivity index (χ0v) is 15.3. The van der Waals surface area contributed by atoms with E-state index >= 15 is 0 Å². The van der Waals surface area contributed by atoms with Crippen molar-refractivity contribution in [2.24, 2.45) is 4.99 Å². The van der Waals surface area contributed by atoms with E-state index in [0.29, 0.717) is 6.04 Å². The molecular weight excluding hydrogens is 292 g/mol. The van der Waals surface area contributed by atoms with E-state index in [2.05, 4.69) is 34.0 Å². The van der Waals surface area contributed by atoms with Crippen LogP contribution in [0.25, 0.3) is 0 Å². The van der Waals surface area contributed by atoms with E-state index in [9.17, 15) is 0 Å². The summed E-state index contributed by atoms with van der Waals surface area (Å²) in [5.74, 6) is 1.00. The molecular formula is C17H34N4O2. The molecule has 0 aromatic rings. The Balaban J connectivity index is 1.88. The number of nitrogens with one attached hydrogen (secondary N) is 1. The number of aliphatic imine (C=N–C) groups is 1. The fourth-order valence-electron chi connectivity index (χ4n) is 3.74. The van der Waals surface area contributed by atoms with Gasteiger partial charge in [-0.05, 0) is 19.5 Å². The van der Waals surface area contributed by atoms with E-state index in [-0.39, 0.29) is 5.60 Å². The fraction of sp³-hybridized carbons (Fsp3) is 0.941. The maximum atomic E-state index is 5.81. The molecule has 6 heteroatoms. The van der Waals surface area contributed by atoms with Crippen molar-refractivity contribution in [2.45, 2.75) is 44.8 Å². The molecule has 2 heterocycles. The summed E-state index contributed by atoms with van der Waals surface area (Å²) in [7, 11) is 3.68. The Hall–Kier alpha value is -0.850. The monoisotopic (exact) mass is 326 g/mol. The van der Waals surface area contributed by atoms with Gasteiger partial charge in [-0.15, -0.1) is 0 Å². The molecule has 6 nitrogen and oxygen atoms in total. The SMILES string of the molecule is CCN(CC)C1CCN(C(=NC)NCC2(OC)CCOCC2)C1. The summed E-state index contributed by atoms with van der Waals surface area (Å²) in [4.78, 5) is 9.42. The lowest BCUT2D eigenvalue weighted by Gasteiger charge is -2.37. The average molecular weight is 326 g/mol. The number of ether oxygens (including phenoxy) is 2. The molecule has 2 saturated heterocycles. The van der Waals surface area contributed by atoms with Gasteiger partial charge in [-0.3, -0.25) is 9.89 Å². The van der Waals surface area contributed by atoms with Gasteiger partial charge < -0.3 is 19.7 Å². The predicted molar refractivity (Wildman–Crippen MR) is 94.1 cm³/mol. The Kier molecular flexibility index (Phi) is 7.11. The zero-order valence-electron chi connectivity index (χ0n) is 15.3. The lowest BCUT2D eigenvalue weighted by molar-refractivity contribution is -0.0857. The molecule has 134 valence electrons. The summed E-state index contributed by atoms with van der Waals surface area (Å²) >= 11 is 0. The lowest BCUT2D eigenvalue weighted by Crippen LogP contribution is -2.51. The maximum Gasteiger partial charge on any atom is 0.193 e. The van der Waals surface area contributed by atoms with Crippen molar-refractivity contribution in [2.75, 3.05) is 60.1 Å². The first-order valence-electron chi connectivity index (χ1n) is 9.00. The molecule has 0 spiro atoms. The second kappa shape index (κ2) is 8.85. The highest BCUT2D eigenvalue weighted by Crippen LogP contribution is 2.24. The highest BCUT2D eigenvalue weighted by Gasteiger charge is 2.34. The minimum absolute atomic E-state index is 0.119. The molecule has 0 bridgehead atoms. The van der Waals surface area contributed by atoms with Crippen LogP contribution < -0.4 is 5.32 Å². The van der Waals surface area contributed by atoms with Crippen molar-refractivity contribution < 1.29 is 9.47 Å². The van der Waals surface area contributed by atoms with Crippen molar-refractivity contribution in [1.82, 2.24) is 15.1 Å². The fourth-order valence-corrected chi connectivity index (χ4v) is 3.74. The third-order valence-corrected chi connectivity index (χ3v) is 5.41. The number of hydrogen-bond acceptors (Lipinski definition) is 4. The van der Waals surface area contributed by atoms with E-state index in [4.69, 9.17) is 9.47 Å². The van der Waals surface area contributed by atoms with Gasteiger partial charge in [0, 0.05) is 65.9 Å². The molecule has 0 aliphatic carbocycles. The van der Waals surface area contributed by atoms with Gasteiger partial charge in [-0.2, -0.15) is 0 Å². The number of guanidine groups is 1. The first-order chi connectivity index (χ1) is 11.2. The Bertz CT molecular complexity index is 379. The van der Waals surface area contributed by atoms with Gasteiger partial charge in [0.1, 0.15) is 0 Å². The molecule has 1 unspecified atom stereocenters. The van der Waals surface area contributed by atoms with Crippen LogP contribution in [0.2, 0.25) is 0 Å². The maximum absolute atomic E-state index is 5.81. The molecule has 2 fully saturated rings. The molecule has 1 N–H and O–H groups in total. The number of hydrogen-bond donors (Lipinski definition) is 1. The molecule has 0 saturated carbocycles. The molecule has 23 heavy (non-hydrogen) atoms. The molecule has 2 rings (SSSR count). The van der Waals surface area contributed by atoms with Gasteiger partial charge in [0.2, 0.25) is 0 Å². The highest BCUT2D eigenvalue weighted by molar-refractivity contribution is 5.80. The van der Waals surface area contributed by atoms with Crippen LogP contribution in [-0.2, 0) is 9.47 Å². The van der Waals surface area contributed by atoms with Crippen LogP contribution in [-0.4, -0.2) is 87.5 Å². The molecule has 0 aromatic carbocycles. The third-order valence-electron chi connectivity index (χ3n) is 5.41. The van der Waals surface area contributed by atoms with Crippen LogP contribution in [0.1, 0.15) is 33.1 Å². The minimum Gasteiger partial charge on any atom is -0.381 e. The standard InChI is InChI=1S/C17H34N4O2/c1-5-20(6-2)15-7-10-21(13-15)16(18-3)19-14-17(22-4)8-11-23-12-9-17/h15H,5-14H2,1-4H3,(H,18,19). The van der Waals surface area contributed by atoms with Crippen molar-refractivity contribution in [1.29, 1.82) is 0 Å². The van der Waals surface area contributed by atoms with Crippen LogP contribution >= 0.6 is 0 Å². The molecule has 1 atom stereocenters. The first-order valence-corrected chi connectivity index (χ1v) is 9.00. The Morgan fingerprint density at radius 3 is 2.61 bits per heavy atom. The first kappa shape index (κ1) is 18.5. The van der Waals surface area contributed by atoms with E-state index in [1.807, 2.05) is 14.2 Å². The smallest absolute Gasteiger partial charge is 0.193 e. The minimum atomic E-state index is -0.119. The van der Waals surface area contributed by atoms with Crippen LogP contribution in [0, 0.1) is 0 Å². The van der Waals surface area contributed by atoms with Gasteiger partial charge in [0.25, 0.3) is 0 Å².